The van der Waals surface area contributed by atoms with Gasteiger partial charge >= 0.3 is 5.97 Å². The van der Waals surface area contributed by atoms with Crippen LogP contribution in [0.3, 0.4) is 0 Å². The van der Waals surface area contributed by atoms with Crippen molar-refractivity contribution in [1.82, 2.24) is 5.32 Å². The summed E-state index contributed by atoms with van der Waals surface area (Å²) >= 11 is 0. The van der Waals surface area contributed by atoms with Gasteiger partial charge in [-0.2, -0.15) is 0 Å². The molecule has 7 heteroatoms. The molecule has 1 aromatic rings. The van der Waals surface area contributed by atoms with Gasteiger partial charge in [-0.15, -0.1) is 0 Å². The monoisotopic (exact) mass is 375 g/mol. The van der Waals surface area contributed by atoms with Crippen molar-refractivity contribution in [1.29, 1.82) is 0 Å². The van der Waals surface area contributed by atoms with E-state index in [9.17, 15) is 14.7 Å². The number of carbonyl (C=O) groups is 2. The van der Waals surface area contributed by atoms with Gasteiger partial charge in [-0.05, 0) is 44.9 Å². The highest BCUT2D eigenvalue weighted by Gasteiger charge is 2.39. The maximum atomic E-state index is 12.3. The number of anilines is 1. The van der Waals surface area contributed by atoms with E-state index < -0.39 is 16.9 Å². The van der Waals surface area contributed by atoms with Crippen molar-refractivity contribution in [3.05, 3.63) is 29.8 Å². The van der Waals surface area contributed by atoms with Gasteiger partial charge < -0.3 is 26.2 Å². The third-order valence-electron chi connectivity index (χ3n) is 4.75. The molecule has 0 aromatic heterocycles. The molecule has 1 aliphatic heterocycles. The van der Waals surface area contributed by atoms with Gasteiger partial charge in [0, 0.05) is 17.9 Å². The van der Waals surface area contributed by atoms with Crippen LogP contribution >= 0.6 is 0 Å². The molecule has 1 heterocycles. The quantitative estimate of drug-likeness (QED) is 0.555. The lowest BCUT2D eigenvalue weighted by Gasteiger charge is -2.34. The van der Waals surface area contributed by atoms with Gasteiger partial charge in [0.25, 0.3) is 0 Å². The third kappa shape index (κ3) is 4.18. The highest BCUT2D eigenvalue weighted by atomic mass is 16.5. The maximum absolute atomic E-state index is 12.3. The molecule has 0 bridgehead atoms. The molecule has 1 atom stereocenters. The van der Waals surface area contributed by atoms with Crippen molar-refractivity contribution in [2.75, 3.05) is 18.5 Å². The summed E-state index contributed by atoms with van der Waals surface area (Å²) in [7, 11) is 0. The Labute approximate surface area is 160 Å². The van der Waals surface area contributed by atoms with Crippen molar-refractivity contribution in [3.63, 3.8) is 0 Å². The molecule has 0 radical (unpaired) electrons. The number of rotatable bonds is 8. The lowest BCUT2D eigenvalue weighted by molar-refractivity contribution is -0.140. The van der Waals surface area contributed by atoms with Crippen molar-refractivity contribution >= 4 is 23.3 Å². The molecular weight excluding hydrogens is 346 g/mol. The predicted octanol–water partition coefficient (Wildman–Crippen LogP) is 2.58. The number of nitrogens with one attached hydrogen (secondary N) is 2. The number of hydrogen-bond acceptors (Lipinski definition) is 5. The smallest absolute Gasteiger partial charge is 0.333 e. The molecule has 2 rings (SSSR count). The van der Waals surface area contributed by atoms with Crippen LogP contribution in [0.2, 0.25) is 0 Å². The van der Waals surface area contributed by atoms with Crippen LogP contribution in [0.4, 0.5) is 5.69 Å². The first kappa shape index (κ1) is 20.6. The number of benzene rings is 1. The van der Waals surface area contributed by atoms with Crippen LogP contribution in [-0.2, 0) is 9.59 Å². The van der Waals surface area contributed by atoms with Gasteiger partial charge in [0.05, 0.1) is 11.0 Å². The number of carboxylic acids is 1. The first-order valence-electron chi connectivity index (χ1n) is 9.21. The fourth-order valence-electron chi connectivity index (χ4n) is 2.93. The minimum absolute atomic E-state index is 0.0772. The van der Waals surface area contributed by atoms with Crippen LogP contribution in [0.5, 0.6) is 5.75 Å². The second-order valence-electron chi connectivity index (χ2n) is 7.46. The molecule has 148 valence electrons. The summed E-state index contributed by atoms with van der Waals surface area (Å²) in [4.78, 5) is 24.0. The summed E-state index contributed by atoms with van der Waals surface area (Å²) in [5.41, 5.74) is 5.81. The van der Waals surface area contributed by atoms with Crippen molar-refractivity contribution in [2.45, 2.75) is 46.1 Å². The minimum Gasteiger partial charge on any atom is -0.492 e. The van der Waals surface area contributed by atoms with E-state index in [1.54, 1.807) is 25.1 Å². The Morgan fingerprint density at radius 1 is 1.33 bits per heavy atom. The molecule has 0 saturated heterocycles. The van der Waals surface area contributed by atoms with E-state index in [1.807, 2.05) is 20.8 Å². The van der Waals surface area contributed by atoms with E-state index >= 15 is 0 Å². The number of fused-ring (bicyclic) bond motifs is 1. The fraction of sp³-hybridized carbons (Fsp3) is 0.500. The summed E-state index contributed by atoms with van der Waals surface area (Å²) in [5, 5.41) is 15.5. The summed E-state index contributed by atoms with van der Waals surface area (Å²) in [6, 6.07) is 5.31. The first-order valence-corrected chi connectivity index (χ1v) is 9.21. The number of aliphatic carboxylic acids is 1. The molecule has 0 aliphatic carbocycles. The van der Waals surface area contributed by atoms with Gasteiger partial charge in [-0.25, -0.2) is 4.79 Å². The number of hydrogen-bond donors (Lipinski definition) is 4. The Kier molecular flexibility index (Phi) is 6.03. The van der Waals surface area contributed by atoms with E-state index in [0.717, 1.165) is 6.42 Å². The fourth-order valence-corrected chi connectivity index (χ4v) is 2.93. The Bertz CT molecular complexity index is 758. The van der Waals surface area contributed by atoms with Crippen LogP contribution in [0.1, 0.15) is 46.1 Å². The predicted molar refractivity (Wildman–Crippen MR) is 105 cm³/mol. The first-order chi connectivity index (χ1) is 12.7. The van der Waals surface area contributed by atoms with Crippen LogP contribution in [0, 0.1) is 5.41 Å². The number of carbonyl (C=O) groups excluding carboxylic acids is 1. The van der Waals surface area contributed by atoms with E-state index in [0.29, 0.717) is 35.7 Å². The second-order valence-corrected chi connectivity index (χ2v) is 7.46. The molecule has 27 heavy (non-hydrogen) atoms. The molecule has 0 saturated carbocycles. The lowest BCUT2D eigenvalue weighted by Crippen LogP contribution is -2.46. The SMILES string of the molecule is CCCNC(=O)C(C)(C)COc1cccc2c1C(N)=CC(CC)(C(=O)O)N2. The Balaban J connectivity index is 2.25. The Morgan fingerprint density at radius 3 is 2.63 bits per heavy atom. The van der Waals surface area contributed by atoms with Gasteiger partial charge in [0.15, 0.2) is 5.54 Å². The standard InChI is InChI=1S/C20H29N3O4/c1-5-10-22-17(24)19(3,4)12-27-15-9-7-8-14-16(15)13(21)11-20(6-2,23-14)18(25)26/h7-9,11,23H,5-6,10,12,21H2,1-4H3,(H,22,24)(H,25,26). The Hall–Kier alpha value is -2.70. The average molecular weight is 375 g/mol. The van der Waals surface area contributed by atoms with Crippen molar-refractivity contribution < 1.29 is 19.4 Å². The van der Waals surface area contributed by atoms with E-state index in [1.165, 1.54) is 6.08 Å². The molecule has 1 amide bonds. The minimum atomic E-state index is -1.24. The molecule has 7 nitrogen and oxygen atoms in total. The van der Waals surface area contributed by atoms with E-state index in [-0.39, 0.29) is 12.5 Å². The van der Waals surface area contributed by atoms with Crippen LogP contribution in [0.15, 0.2) is 24.3 Å². The molecule has 1 unspecified atom stereocenters. The highest BCUT2D eigenvalue weighted by molar-refractivity contribution is 5.94. The molecular formula is C20H29N3O4. The normalized spacial score (nSPS) is 18.7. The van der Waals surface area contributed by atoms with Gasteiger partial charge in [-0.3, -0.25) is 4.79 Å². The third-order valence-corrected chi connectivity index (χ3v) is 4.75. The van der Waals surface area contributed by atoms with Gasteiger partial charge in [-0.1, -0.05) is 19.9 Å². The van der Waals surface area contributed by atoms with Crippen molar-refractivity contribution in [2.24, 2.45) is 11.1 Å². The Morgan fingerprint density at radius 2 is 2.04 bits per heavy atom. The van der Waals surface area contributed by atoms with Crippen molar-refractivity contribution in [3.8, 4) is 5.75 Å². The van der Waals surface area contributed by atoms with Gasteiger partial charge in [0.2, 0.25) is 5.91 Å². The van der Waals surface area contributed by atoms with Crippen LogP contribution in [0.25, 0.3) is 5.70 Å². The zero-order valence-corrected chi connectivity index (χ0v) is 16.4. The molecule has 5 N–H and O–H groups in total. The second kappa shape index (κ2) is 7.90. The van der Waals surface area contributed by atoms with E-state index in [2.05, 4.69) is 10.6 Å². The number of ether oxygens (including phenoxy) is 1. The lowest BCUT2D eigenvalue weighted by atomic mass is 9.88. The molecule has 0 spiro atoms. The highest BCUT2D eigenvalue weighted by Crippen LogP contribution is 2.39. The largest absolute Gasteiger partial charge is 0.492 e. The summed E-state index contributed by atoms with van der Waals surface area (Å²) in [5.74, 6) is -0.550. The van der Waals surface area contributed by atoms with Crippen LogP contribution in [-0.4, -0.2) is 35.7 Å². The maximum Gasteiger partial charge on any atom is 0.333 e. The zero-order valence-electron chi connectivity index (χ0n) is 16.4. The van der Waals surface area contributed by atoms with Gasteiger partial charge in [0.1, 0.15) is 12.4 Å². The number of nitrogens with two attached hydrogens (primary N) is 1. The topological polar surface area (TPSA) is 114 Å². The summed E-state index contributed by atoms with van der Waals surface area (Å²) in [6.07, 6.45) is 2.73. The number of amides is 1. The molecule has 0 fully saturated rings. The molecule has 1 aliphatic rings. The zero-order chi connectivity index (χ0) is 20.2. The number of carboxylic acid groups (broad SMARTS) is 1. The molecule has 1 aromatic carbocycles. The summed E-state index contributed by atoms with van der Waals surface area (Å²) < 4.78 is 5.93. The summed E-state index contributed by atoms with van der Waals surface area (Å²) in [6.45, 7) is 8.21. The van der Waals surface area contributed by atoms with E-state index in [4.69, 9.17) is 10.5 Å². The van der Waals surface area contributed by atoms with Crippen LogP contribution < -0.4 is 21.1 Å². The average Bonchev–Trinajstić information content (AvgIpc) is 2.63.